The molecule has 2 aromatic heterocycles. The van der Waals surface area contributed by atoms with E-state index in [1.807, 2.05) is 0 Å². The third kappa shape index (κ3) is 2.61. The van der Waals surface area contributed by atoms with Crippen LogP contribution in [0.25, 0.3) is 5.95 Å². The Morgan fingerprint density at radius 3 is 2.89 bits per heavy atom. The molecule has 9 nitrogen and oxygen atoms in total. The van der Waals surface area contributed by atoms with Crippen molar-refractivity contribution in [1.82, 2.24) is 24.7 Å². The van der Waals surface area contributed by atoms with E-state index in [-0.39, 0.29) is 12.0 Å². The van der Waals surface area contributed by atoms with Crippen LogP contribution >= 0.6 is 0 Å². The molecule has 100 valence electrons. The summed E-state index contributed by atoms with van der Waals surface area (Å²) < 4.78 is 6.84. The fourth-order valence-corrected chi connectivity index (χ4v) is 1.81. The molecule has 0 aliphatic carbocycles. The number of nitrogens with two attached hydrogens (primary N) is 1. The first-order chi connectivity index (χ1) is 9.35. The van der Waals surface area contributed by atoms with Crippen LogP contribution in [0.4, 0.5) is 11.9 Å². The maximum absolute atomic E-state index is 5.36. The van der Waals surface area contributed by atoms with Gasteiger partial charge in [0, 0.05) is 19.0 Å². The van der Waals surface area contributed by atoms with Gasteiger partial charge in [-0.25, -0.2) is 10.5 Å². The first-order valence-electron chi connectivity index (χ1n) is 5.92. The summed E-state index contributed by atoms with van der Waals surface area (Å²) in [6.07, 6.45) is 4.32. The second-order valence-electron chi connectivity index (χ2n) is 4.08. The molecule has 1 atom stereocenters. The third-order valence-corrected chi connectivity index (χ3v) is 2.72. The standard InChI is InChI=1S/C10H14N8O/c11-17-9-14-8(13-7-2-5-19-6-7)15-10(16-9)18-4-1-3-12-18/h1,3-4,7H,2,5-6,11H2,(H2,13,14,15,16,17). The maximum atomic E-state index is 5.36. The van der Waals surface area contributed by atoms with Crippen LogP contribution in [-0.2, 0) is 4.74 Å². The Morgan fingerprint density at radius 2 is 2.21 bits per heavy atom. The number of hydrogen-bond acceptors (Lipinski definition) is 8. The molecule has 0 radical (unpaired) electrons. The molecule has 2 aromatic rings. The second kappa shape index (κ2) is 5.16. The van der Waals surface area contributed by atoms with Crippen LogP contribution in [-0.4, -0.2) is 44.0 Å². The van der Waals surface area contributed by atoms with Crippen LogP contribution in [0.3, 0.4) is 0 Å². The third-order valence-electron chi connectivity index (χ3n) is 2.72. The molecular formula is C10H14N8O. The lowest BCUT2D eigenvalue weighted by atomic mass is 10.3. The molecular weight excluding hydrogens is 248 g/mol. The Morgan fingerprint density at radius 1 is 1.32 bits per heavy atom. The molecule has 1 aliphatic heterocycles. The Hall–Kier alpha value is -2.26. The lowest BCUT2D eigenvalue weighted by Gasteiger charge is -2.12. The van der Waals surface area contributed by atoms with E-state index in [0.29, 0.717) is 18.5 Å². The normalized spacial score (nSPS) is 18.5. The van der Waals surface area contributed by atoms with Gasteiger partial charge < -0.3 is 10.1 Å². The van der Waals surface area contributed by atoms with Gasteiger partial charge in [0.2, 0.25) is 11.9 Å². The highest BCUT2D eigenvalue weighted by molar-refractivity contribution is 5.37. The van der Waals surface area contributed by atoms with Crippen molar-refractivity contribution >= 4 is 11.9 Å². The zero-order valence-electron chi connectivity index (χ0n) is 10.2. The van der Waals surface area contributed by atoms with E-state index in [4.69, 9.17) is 10.6 Å². The van der Waals surface area contributed by atoms with E-state index in [1.54, 1.807) is 23.1 Å². The van der Waals surface area contributed by atoms with E-state index in [2.05, 4.69) is 30.8 Å². The fraction of sp³-hybridized carbons (Fsp3) is 0.400. The summed E-state index contributed by atoms with van der Waals surface area (Å²) in [5.74, 6) is 6.49. The minimum atomic E-state index is 0.207. The fourth-order valence-electron chi connectivity index (χ4n) is 1.81. The van der Waals surface area contributed by atoms with Crippen LogP contribution in [0, 0.1) is 0 Å². The lowest BCUT2D eigenvalue weighted by molar-refractivity contribution is 0.195. The number of aromatic nitrogens is 5. The molecule has 1 aliphatic rings. The molecule has 19 heavy (non-hydrogen) atoms. The van der Waals surface area contributed by atoms with E-state index >= 15 is 0 Å². The van der Waals surface area contributed by atoms with Crippen molar-refractivity contribution in [3.05, 3.63) is 18.5 Å². The number of ether oxygens (including phenoxy) is 1. The largest absolute Gasteiger partial charge is 0.379 e. The molecule has 1 fully saturated rings. The number of anilines is 2. The molecule has 0 saturated carbocycles. The van der Waals surface area contributed by atoms with Crippen molar-refractivity contribution in [2.75, 3.05) is 24.0 Å². The molecule has 0 aromatic carbocycles. The minimum Gasteiger partial charge on any atom is -0.379 e. The van der Waals surface area contributed by atoms with Crippen molar-refractivity contribution < 1.29 is 4.74 Å². The summed E-state index contributed by atoms with van der Waals surface area (Å²) in [5, 5.41) is 7.27. The predicted molar refractivity (Wildman–Crippen MR) is 67.6 cm³/mol. The van der Waals surface area contributed by atoms with E-state index in [0.717, 1.165) is 13.0 Å². The summed E-state index contributed by atoms with van der Waals surface area (Å²) in [4.78, 5) is 12.6. The average Bonchev–Trinajstić information content (AvgIpc) is 3.11. The Bertz CT molecular complexity index is 536. The first-order valence-corrected chi connectivity index (χ1v) is 5.92. The maximum Gasteiger partial charge on any atom is 0.257 e. The van der Waals surface area contributed by atoms with Crippen LogP contribution in [0.15, 0.2) is 18.5 Å². The summed E-state index contributed by atoms with van der Waals surface area (Å²) in [6, 6.07) is 2.00. The van der Waals surface area contributed by atoms with Gasteiger partial charge in [-0.05, 0) is 12.5 Å². The monoisotopic (exact) mass is 262 g/mol. The van der Waals surface area contributed by atoms with Crippen LogP contribution in [0.5, 0.6) is 0 Å². The highest BCUT2D eigenvalue weighted by atomic mass is 16.5. The van der Waals surface area contributed by atoms with Crippen molar-refractivity contribution in [3.63, 3.8) is 0 Å². The second-order valence-corrected chi connectivity index (χ2v) is 4.08. The topological polar surface area (TPSA) is 116 Å². The minimum absolute atomic E-state index is 0.207. The molecule has 4 N–H and O–H groups in total. The van der Waals surface area contributed by atoms with E-state index in [1.165, 1.54) is 0 Å². The van der Waals surface area contributed by atoms with Gasteiger partial charge >= 0.3 is 0 Å². The number of nitrogen functional groups attached to an aromatic ring is 1. The Balaban J connectivity index is 1.88. The van der Waals surface area contributed by atoms with Gasteiger partial charge in [-0.2, -0.15) is 20.1 Å². The smallest absolute Gasteiger partial charge is 0.257 e. The van der Waals surface area contributed by atoms with Crippen molar-refractivity contribution in [2.45, 2.75) is 12.5 Å². The van der Waals surface area contributed by atoms with Gasteiger partial charge in [0.25, 0.3) is 5.95 Å². The zero-order chi connectivity index (χ0) is 13.1. The number of rotatable bonds is 4. The van der Waals surface area contributed by atoms with Gasteiger partial charge in [-0.3, -0.25) is 5.43 Å². The molecule has 0 spiro atoms. The average molecular weight is 262 g/mol. The molecule has 3 rings (SSSR count). The van der Waals surface area contributed by atoms with Crippen LogP contribution < -0.4 is 16.6 Å². The van der Waals surface area contributed by atoms with Crippen molar-refractivity contribution in [1.29, 1.82) is 0 Å². The van der Waals surface area contributed by atoms with E-state index < -0.39 is 0 Å². The number of nitrogens with one attached hydrogen (secondary N) is 2. The highest BCUT2D eigenvalue weighted by Crippen LogP contribution is 2.12. The summed E-state index contributed by atoms with van der Waals surface area (Å²) in [6.45, 7) is 1.39. The lowest BCUT2D eigenvalue weighted by Crippen LogP contribution is -2.23. The predicted octanol–water partition coefficient (Wildman–Crippen LogP) is -0.456. The number of hydrazine groups is 1. The molecule has 0 amide bonds. The van der Waals surface area contributed by atoms with Gasteiger partial charge in [0.1, 0.15) is 0 Å². The molecule has 1 saturated heterocycles. The summed E-state index contributed by atoms with van der Waals surface area (Å²) in [5.41, 5.74) is 2.42. The van der Waals surface area contributed by atoms with Gasteiger partial charge in [-0.15, -0.1) is 0 Å². The van der Waals surface area contributed by atoms with Crippen molar-refractivity contribution in [3.8, 4) is 5.95 Å². The van der Waals surface area contributed by atoms with Gasteiger partial charge in [0.15, 0.2) is 0 Å². The van der Waals surface area contributed by atoms with Crippen molar-refractivity contribution in [2.24, 2.45) is 5.84 Å². The molecule has 1 unspecified atom stereocenters. The van der Waals surface area contributed by atoms with Gasteiger partial charge in [-0.1, -0.05) is 0 Å². The zero-order valence-corrected chi connectivity index (χ0v) is 10.2. The SMILES string of the molecule is NNc1nc(NC2CCOC2)nc(-n2cccn2)n1. The number of hydrogen-bond donors (Lipinski definition) is 3. The molecule has 0 bridgehead atoms. The number of nitrogens with zero attached hydrogens (tertiary/aromatic N) is 5. The Labute approximate surface area is 109 Å². The summed E-state index contributed by atoms with van der Waals surface area (Å²) >= 11 is 0. The highest BCUT2D eigenvalue weighted by Gasteiger charge is 2.17. The first kappa shape index (κ1) is 11.8. The van der Waals surface area contributed by atoms with Crippen LogP contribution in [0.2, 0.25) is 0 Å². The Kier molecular flexibility index (Phi) is 3.21. The van der Waals surface area contributed by atoms with Gasteiger partial charge in [0.05, 0.1) is 12.6 Å². The quantitative estimate of drug-likeness (QED) is 0.501. The molecule has 3 heterocycles. The summed E-state index contributed by atoms with van der Waals surface area (Å²) in [7, 11) is 0. The van der Waals surface area contributed by atoms with Crippen LogP contribution in [0.1, 0.15) is 6.42 Å². The van der Waals surface area contributed by atoms with E-state index in [9.17, 15) is 0 Å². The molecule has 9 heteroatoms.